The van der Waals surface area contributed by atoms with Crippen LogP contribution in [-0.4, -0.2) is 69.3 Å². The van der Waals surface area contributed by atoms with Crippen LogP contribution in [0.5, 0.6) is 0 Å². The molecule has 1 unspecified atom stereocenters. The zero-order valence-corrected chi connectivity index (χ0v) is 21.3. The number of halogens is 1. The Hall–Kier alpha value is -0.810. The van der Waals surface area contributed by atoms with Crippen molar-refractivity contribution in [3.05, 3.63) is 0 Å². The predicted molar refractivity (Wildman–Crippen MR) is 127 cm³/mol. The van der Waals surface area contributed by atoms with Gasteiger partial charge in [-0.3, -0.25) is 4.99 Å². The first-order chi connectivity index (χ1) is 13.1. The van der Waals surface area contributed by atoms with Gasteiger partial charge in [-0.2, -0.15) is 0 Å². The Labute approximate surface area is 193 Å². The van der Waals surface area contributed by atoms with Gasteiger partial charge >= 0.3 is 6.09 Å². The van der Waals surface area contributed by atoms with Crippen molar-refractivity contribution >= 4 is 36.0 Å². The molecule has 9 heteroatoms. The molecule has 1 heterocycles. The summed E-state index contributed by atoms with van der Waals surface area (Å²) in [5.41, 5.74) is -1.04. The molecular weight excluding hydrogens is 487 g/mol. The number of hydrogen-bond acceptors (Lipinski definition) is 5. The lowest BCUT2D eigenvalue weighted by atomic mass is 10.1. The van der Waals surface area contributed by atoms with E-state index in [4.69, 9.17) is 14.2 Å². The standard InChI is InChI=1S/C20H40N4O4.HI/c1-7-21-17(22-10-8-11-26-13-16-9-12-27-14-16)23-15-20(5,6)24-18(25)28-19(2,3)4;/h16H,7-15H2,1-6H3,(H,24,25)(H2,21,22,23);1H. The first kappa shape index (κ1) is 28.2. The van der Waals surface area contributed by atoms with E-state index in [2.05, 4.69) is 20.9 Å². The SMILES string of the molecule is CCNC(=NCC(C)(C)NC(=O)OC(C)(C)C)NCCCOCC1CCOC1.I. The van der Waals surface area contributed by atoms with Crippen LogP contribution in [0.1, 0.15) is 54.4 Å². The van der Waals surface area contributed by atoms with E-state index in [-0.39, 0.29) is 24.0 Å². The van der Waals surface area contributed by atoms with E-state index in [0.29, 0.717) is 19.1 Å². The van der Waals surface area contributed by atoms with E-state index in [9.17, 15) is 4.79 Å². The van der Waals surface area contributed by atoms with Crippen LogP contribution in [0.15, 0.2) is 4.99 Å². The second-order valence-electron chi connectivity index (χ2n) is 8.79. The Morgan fingerprint density at radius 3 is 2.52 bits per heavy atom. The number of carbonyl (C=O) groups is 1. The zero-order valence-electron chi connectivity index (χ0n) is 18.9. The molecule has 1 fully saturated rings. The van der Waals surface area contributed by atoms with Crippen LogP contribution in [-0.2, 0) is 14.2 Å². The molecular formula is C20H41IN4O4. The van der Waals surface area contributed by atoms with Crippen LogP contribution in [0.25, 0.3) is 0 Å². The molecule has 0 saturated carbocycles. The molecule has 1 rings (SSSR count). The van der Waals surface area contributed by atoms with Gasteiger partial charge in [0.25, 0.3) is 0 Å². The molecule has 0 radical (unpaired) electrons. The third-order valence-corrected chi connectivity index (χ3v) is 3.95. The summed E-state index contributed by atoms with van der Waals surface area (Å²) in [4.78, 5) is 16.6. The minimum absolute atomic E-state index is 0. The maximum Gasteiger partial charge on any atom is 0.408 e. The lowest BCUT2D eigenvalue weighted by Gasteiger charge is -2.27. The Kier molecular flexibility index (Phi) is 13.8. The normalized spacial score (nSPS) is 17.4. The highest BCUT2D eigenvalue weighted by Gasteiger charge is 2.24. The van der Waals surface area contributed by atoms with Crippen LogP contribution in [0.3, 0.4) is 0 Å². The monoisotopic (exact) mass is 528 g/mol. The summed E-state index contributed by atoms with van der Waals surface area (Å²) in [5.74, 6) is 1.28. The summed E-state index contributed by atoms with van der Waals surface area (Å²) in [6.45, 7) is 16.5. The quantitative estimate of drug-likeness (QED) is 0.175. The maximum atomic E-state index is 12.0. The molecule has 1 saturated heterocycles. The highest BCUT2D eigenvalue weighted by Crippen LogP contribution is 2.12. The van der Waals surface area contributed by atoms with Gasteiger partial charge in [-0.05, 0) is 54.4 Å². The largest absolute Gasteiger partial charge is 0.444 e. The van der Waals surface area contributed by atoms with E-state index in [1.54, 1.807) is 0 Å². The summed E-state index contributed by atoms with van der Waals surface area (Å²) in [5, 5.41) is 9.39. The number of amides is 1. The van der Waals surface area contributed by atoms with Gasteiger partial charge < -0.3 is 30.2 Å². The van der Waals surface area contributed by atoms with Crippen molar-refractivity contribution in [2.45, 2.75) is 65.5 Å². The van der Waals surface area contributed by atoms with Crippen LogP contribution >= 0.6 is 24.0 Å². The molecule has 0 aromatic carbocycles. The smallest absolute Gasteiger partial charge is 0.408 e. The van der Waals surface area contributed by atoms with Crippen LogP contribution in [0.2, 0.25) is 0 Å². The number of nitrogens with zero attached hydrogens (tertiary/aromatic N) is 1. The fourth-order valence-corrected chi connectivity index (χ4v) is 2.58. The molecule has 0 bridgehead atoms. The number of guanidine groups is 1. The van der Waals surface area contributed by atoms with Crippen molar-refractivity contribution in [2.75, 3.05) is 46.1 Å². The first-order valence-corrected chi connectivity index (χ1v) is 10.3. The second kappa shape index (κ2) is 14.2. The zero-order chi connectivity index (χ0) is 21.0. The van der Waals surface area contributed by atoms with Gasteiger partial charge in [0.15, 0.2) is 5.96 Å². The topological polar surface area (TPSA) is 93.2 Å². The number of aliphatic imine (C=N–C) groups is 1. The molecule has 29 heavy (non-hydrogen) atoms. The molecule has 8 nitrogen and oxygen atoms in total. The minimum Gasteiger partial charge on any atom is -0.444 e. The average Bonchev–Trinajstić information content (AvgIpc) is 3.06. The van der Waals surface area contributed by atoms with Gasteiger partial charge in [-0.1, -0.05) is 0 Å². The van der Waals surface area contributed by atoms with Gasteiger partial charge in [0.2, 0.25) is 0 Å². The number of hydrogen-bond donors (Lipinski definition) is 3. The fourth-order valence-electron chi connectivity index (χ4n) is 2.58. The number of carbonyl (C=O) groups excluding carboxylic acids is 1. The molecule has 1 amide bonds. The first-order valence-electron chi connectivity index (χ1n) is 10.3. The van der Waals surface area contributed by atoms with Crippen molar-refractivity contribution in [1.29, 1.82) is 0 Å². The Morgan fingerprint density at radius 1 is 1.21 bits per heavy atom. The van der Waals surface area contributed by atoms with Crippen molar-refractivity contribution in [2.24, 2.45) is 10.9 Å². The maximum absolute atomic E-state index is 12.0. The van der Waals surface area contributed by atoms with Crippen molar-refractivity contribution in [1.82, 2.24) is 16.0 Å². The van der Waals surface area contributed by atoms with Gasteiger partial charge in [-0.25, -0.2) is 4.79 Å². The molecule has 1 aliphatic rings. The van der Waals surface area contributed by atoms with E-state index < -0.39 is 17.2 Å². The average molecular weight is 528 g/mol. The van der Waals surface area contributed by atoms with Crippen molar-refractivity contribution in [3.63, 3.8) is 0 Å². The lowest BCUT2D eigenvalue weighted by molar-refractivity contribution is 0.0476. The molecule has 3 N–H and O–H groups in total. The van der Waals surface area contributed by atoms with Gasteiger partial charge in [-0.15, -0.1) is 24.0 Å². The number of nitrogens with one attached hydrogen (secondary N) is 3. The van der Waals surface area contributed by atoms with Crippen molar-refractivity contribution in [3.8, 4) is 0 Å². The third kappa shape index (κ3) is 14.8. The summed E-state index contributed by atoms with van der Waals surface area (Å²) in [6, 6.07) is 0. The van der Waals surface area contributed by atoms with Gasteiger partial charge in [0.1, 0.15) is 5.60 Å². The third-order valence-electron chi connectivity index (χ3n) is 3.95. The van der Waals surface area contributed by atoms with Gasteiger partial charge in [0, 0.05) is 32.2 Å². The highest BCUT2D eigenvalue weighted by molar-refractivity contribution is 14.0. The van der Waals surface area contributed by atoms with Crippen molar-refractivity contribution < 1.29 is 19.0 Å². The van der Waals surface area contributed by atoms with Gasteiger partial charge in [0.05, 0.1) is 25.3 Å². The molecule has 1 atom stereocenters. The summed E-state index contributed by atoms with van der Waals surface area (Å²) in [7, 11) is 0. The van der Waals surface area contributed by atoms with Crippen LogP contribution < -0.4 is 16.0 Å². The van der Waals surface area contributed by atoms with E-state index in [1.807, 2.05) is 41.5 Å². The summed E-state index contributed by atoms with van der Waals surface area (Å²) in [6.07, 6.45) is 1.57. The Bertz CT molecular complexity index is 489. The molecule has 0 spiro atoms. The summed E-state index contributed by atoms with van der Waals surface area (Å²) < 4.78 is 16.4. The molecule has 0 aromatic rings. The second-order valence-corrected chi connectivity index (χ2v) is 8.79. The highest BCUT2D eigenvalue weighted by atomic mass is 127. The number of alkyl carbamates (subject to hydrolysis) is 1. The van der Waals surface area contributed by atoms with Crippen LogP contribution in [0.4, 0.5) is 4.79 Å². The fraction of sp³-hybridized carbons (Fsp3) is 0.900. The van der Waals surface area contributed by atoms with E-state index in [0.717, 1.165) is 51.7 Å². The molecule has 1 aliphatic heterocycles. The van der Waals surface area contributed by atoms with Crippen LogP contribution in [0, 0.1) is 5.92 Å². The van der Waals surface area contributed by atoms with E-state index in [1.165, 1.54) is 0 Å². The molecule has 0 aliphatic carbocycles. The Balaban J connectivity index is 0.00000784. The number of rotatable bonds is 10. The van der Waals surface area contributed by atoms with E-state index >= 15 is 0 Å². The Morgan fingerprint density at radius 2 is 1.93 bits per heavy atom. The number of ether oxygens (including phenoxy) is 3. The summed E-state index contributed by atoms with van der Waals surface area (Å²) >= 11 is 0. The minimum atomic E-state index is -0.521. The molecule has 172 valence electrons. The molecule has 0 aromatic heterocycles. The lowest BCUT2D eigenvalue weighted by Crippen LogP contribution is -2.49. The predicted octanol–water partition coefficient (Wildman–Crippen LogP) is 2.91.